The predicted octanol–water partition coefficient (Wildman–Crippen LogP) is 9.27. The molecule has 4 aromatic carbocycles. The van der Waals surface area contributed by atoms with Crippen LogP contribution in [0.3, 0.4) is 0 Å². The minimum atomic E-state index is -0.971. The molecule has 0 saturated carbocycles. The maximum Gasteiger partial charge on any atom is 2.00 e. The van der Waals surface area contributed by atoms with Gasteiger partial charge in [-0.25, -0.2) is 18.2 Å². The van der Waals surface area contributed by atoms with Gasteiger partial charge in [0.15, 0.2) is 0 Å². The first kappa shape index (κ1) is 31.3. The van der Waals surface area contributed by atoms with Crippen molar-refractivity contribution < 1.29 is 39.0 Å². The van der Waals surface area contributed by atoms with E-state index in [1.165, 1.54) is 0 Å². The molecular formula is C37H27F3N4OPt. The van der Waals surface area contributed by atoms with Crippen molar-refractivity contribution in [2.45, 2.75) is 33.6 Å². The molecule has 0 N–H and O–H groups in total. The molecule has 7 rings (SSSR count). The Labute approximate surface area is 278 Å². The Morgan fingerprint density at radius 2 is 1.54 bits per heavy atom. The molecule has 5 nitrogen and oxygen atoms in total. The van der Waals surface area contributed by atoms with E-state index in [2.05, 4.69) is 33.8 Å². The Morgan fingerprint density at radius 1 is 0.783 bits per heavy atom. The Kier molecular flexibility index (Phi) is 8.58. The molecule has 0 bridgehead atoms. The monoisotopic (exact) mass is 795 g/mol. The zero-order valence-electron chi connectivity index (χ0n) is 25.1. The number of fused-ring (bicyclic) bond motifs is 3. The molecule has 0 saturated heterocycles. The number of hydrogen-bond acceptors (Lipinski definition) is 3. The third-order valence-electron chi connectivity index (χ3n) is 7.87. The van der Waals surface area contributed by atoms with Crippen LogP contribution < -0.4 is 4.74 Å². The molecule has 0 amide bonds. The Morgan fingerprint density at radius 3 is 2.28 bits per heavy atom. The van der Waals surface area contributed by atoms with Crippen molar-refractivity contribution in [3.63, 3.8) is 0 Å². The molecule has 7 aromatic rings. The van der Waals surface area contributed by atoms with Crippen LogP contribution >= 0.6 is 0 Å². The van der Waals surface area contributed by atoms with Crippen LogP contribution in [0.2, 0.25) is 0 Å². The SMILES string of the molecule is CCc1nn(-c2[c-]c(Oc3[c-]c4c(cc3)c3ccccc3n4-c3cc(C)ccn3)ccc2)c(CC)c1-c1c(F)cc(F)cc1F.[Pt+2]. The molecule has 0 spiro atoms. The molecule has 0 aliphatic carbocycles. The second-order valence-electron chi connectivity index (χ2n) is 10.8. The van der Waals surface area contributed by atoms with Gasteiger partial charge in [-0.3, -0.25) is 4.68 Å². The van der Waals surface area contributed by atoms with E-state index < -0.39 is 17.5 Å². The van der Waals surface area contributed by atoms with Gasteiger partial charge in [0.25, 0.3) is 0 Å². The van der Waals surface area contributed by atoms with E-state index in [1.54, 1.807) is 29.1 Å². The van der Waals surface area contributed by atoms with Gasteiger partial charge in [0.1, 0.15) is 23.3 Å². The van der Waals surface area contributed by atoms with Gasteiger partial charge in [0, 0.05) is 46.6 Å². The van der Waals surface area contributed by atoms with Crippen LogP contribution in [-0.2, 0) is 33.9 Å². The largest absolute Gasteiger partial charge is 2.00 e. The Hall–Kier alpha value is -4.68. The third kappa shape index (κ3) is 5.41. The van der Waals surface area contributed by atoms with Gasteiger partial charge in [-0.1, -0.05) is 37.6 Å². The average molecular weight is 796 g/mol. The number of rotatable bonds is 7. The number of aromatic nitrogens is 4. The smallest absolute Gasteiger partial charge is 0.509 e. The number of aryl methyl sites for hydroxylation is 2. The fourth-order valence-electron chi connectivity index (χ4n) is 5.90. The average Bonchev–Trinajstić information content (AvgIpc) is 3.56. The fraction of sp³-hybridized carbons (Fsp3) is 0.135. The van der Waals surface area contributed by atoms with E-state index in [-0.39, 0.29) is 26.6 Å². The van der Waals surface area contributed by atoms with E-state index >= 15 is 0 Å². The molecular weight excluding hydrogens is 769 g/mol. The van der Waals surface area contributed by atoms with E-state index in [4.69, 9.17) is 9.84 Å². The number of halogens is 3. The van der Waals surface area contributed by atoms with E-state index in [0.717, 1.165) is 33.2 Å². The molecule has 0 atom stereocenters. The van der Waals surface area contributed by atoms with Crippen molar-refractivity contribution in [2.75, 3.05) is 0 Å². The summed E-state index contributed by atoms with van der Waals surface area (Å²) in [6, 6.07) is 29.5. The van der Waals surface area contributed by atoms with Gasteiger partial charge in [0.05, 0.1) is 11.3 Å². The van der Waals surface area contributed by atoms with Gasteiger partial charge in [-0.2, -0.15) is 17.2 Å². The summed E-state index contributed by atoms with van der Waals surface area (Å²) in [5.41, 5.74) is 4.57. The number of ether oxygens (including phenoxy) is 1. The first-order chi connectivity index (χ1) is 21.9. The van der Waals surface area contributed by atoms with Crippen molar-refractivity contribution in [2.24, 2.45) is 0 Å². The summed E-state index contributed by atoms with van der Waals surface area (Å²) in [5.74, 6) is -1.24. The molecule has 9 heteroatoms. The first-order valence-corrected chi connectivity index (χ1v) is 14.7. The Bertz CT molecular complexity index is 2220. The van der Waals surface area contributed by atoms with Gasteiger partial charge in [0.2, 0.25) is 0 Å². The van der Waals surface area contributed by atoms with Crippen LogP contribution in [0.25, 0.3) is 44.4 Å². The summed E-state index contributed by atoms with van der Waals surface area (Å²) in [7, 11) is 0. The van der Waals surface area contributed by atoms with E-state index in [0.29, 0.717) is 59.1 Å². The fourth-order valence-corrected chi connectivity index (χ4v) is 5.90. The maximum absolute atomic E-state index is 14.9. The zero-order chi connectivity index (χ0) is 31.2. The van der Waals surface area contributed by atoms with Crippen molar-refractivity contribution in [3.05, 3.63) is 132 Å². The number of para-hydroxylation sites is 1. The molecule has 0 aliphatic rings. The van der Waals surface area contributed by atoms with Crippen molar-refractivity contribution in [1.29, 1.82) is 0 Å². The summed E-state index contributed by atoms with van der Waals surface area (Å²) < 4.78 is 53.6. The minimum absolute atomic E-state index is 0. The number of pyridine rings is 1. The summed E-state index contributed by atoms with van der Waals surface area (Å²) in [4.78, 5) is 4.63. The van der Waals surface area contributed by atoms with Crippen molar-refractivity contribution >= 4 is 21.8 Å². The molecule has 0 aliphatic heterocycles. The molecule has 0 unspecified atom stereocenters. The summed E-state index contributed by atoms with van der Waals surface area (Å²) in [6.45, 7) is 5.76. The van der Waals surface area contributed by atoms with Gasteiger partial charge < -0.3 is 9.30 Å². The van der Waals surface area contributed by atoms with Crippen LogP contribution in [-0.4, -0.2) is 19.3 Å². The molecule has 46 heavy (non-hydrogen) atoms. The van der Waals surface area contributed by atoms with Gasteiger partial charge in [-0.05, 0) is 54.6 Å². The van der Waals surface area contributed by atoms with Crippen LogP contribution in [0, 0.1) is 36.5 Å². The Balaban J connectivity index is 0.00000372. The molecule has 3 heterocycles. The normalized spacial score (nSPS) is 11.3. The number of hydrogen-bond donors (Lipinski definition) is 0. The van der Waals surface area contributed by atoms with E-state index in [9.17, 15) is 13.2 Å². The van der Waals surface area contributed by atoms with Crippen molar-refractivity contribution in [3.8, 4) is 34.1 Å². The van der Waals surface area contributed by atoms with Crippen LogP contribution in [0.5, 0.6) is 11.5 Å². The predicted molar refractivity (Wildman–Crippen MR) is 169 cm³/mol. The minimum Gasteiger partial charge on any atom is -0.509 e. The standard InChI is InChI=1S/C37H27F3N4O.Pt/c1-4-31-37(36-29(39)18-23(38)19-30(36)40)32(5-2)44(42-31)24-9-8-10-25(20-24)45-26-13-14-28-27-11-6-7-12-33(27)43(34(28)21-26)35-17-22(3)15-16-41-35;/h6-19H,4-5H2,1-3H3;/q-2;+2. The number of nitrogens with zero attached hydrogens (tertiary/aromatic N) is 4. The molecule has 3 aromatic heterocycles. The van der Waals surface area contributed by atoms with Gasteiger partial charge >= 0.3 is 21.1 Å². The zero-order valence-corrected chi connectivity index (χ0v) is 27.4. The number of benzene rings is 4. The van der Waals surface area contributed by atoms with Gasteiger partial charge in [-0.15, -0.1) is 35.7 Å². The summed E-state index contributed by atoms with van der Waals surface area (Å²) >= 11 is 0. The maximum atomic E-state index is 14.9. The van der Waals surface area contributed by atoms with Crippen molar-refractivity contribution in [1.82, 2.24) is 19.3 Å². The quantitative estimate of drug-likeness (QED) is 0.151. The molecule has 0 fully saturated rings. The first-order valence-electron chi connectivity index (χ1n) is 14.7. The second-order valence-corrected chi connectivity index (χ2v) is 10.8. The third-order valence-corrected chi connectivity index (χ3v) is 7.87. The van der Waals surface area contributed by atoms with Crippen LogP contribution in [0.15, 0.2) is 85.1 Å². The molecule has 0 radical (unpaired) electrons. The topological polar surface area (TPSA) is 44.9 Å². The summed E-state index contributed by atoms with van der Waals surface area (Å²) in [6.07, 6.45) is 2.63. The van der Waals surface area contributed by atoms with Crippen LogP contribution in [0.1, 0.15) is 30.8 Å². The summed E-state index contributed by atoms with van der Waals surface area (Å²) in [5, 5.41) is 6.80. The second kappa shape index (κ2) is 12.6. The van der Waals surface area contributed by atoms with E-state index in [1.807, 2.05) is 57.2 Å². The van der Waals surface area contributed by atoms with Crippen LogP contribution in [0.4, 0.5) is 13.2 Å². The molecule has 232 valence electrons.